The molecule has 0 fully saturated rings. The van der Waals surface area contributed by atoms with Gasteiger partial charge in [0.05, 0.1) is 12.1 Å². The fourth-order valence-electron chi connectivity index (χ4n) is 1.90. The molecule has 0 radical (unpaired) electrons. The molecule has 0 aliphatic rings. The number of amides is 1. The molecule has 2 rings (SSSR count). The monoisotopic (exact) mass is 324 g/mol. The number of nitrogens with zero attached hydrogens (tertiary/aromatic N) is 1. The maximum atomic E-state index is 11.8. The first-order valence-electron chi connectivity index (χ1n) is 7.03. The minimum Gasteiger partial charge on any atom is -0.396 e. The molecule has 0 aliphatic heterocycles. The molecule has 0 aliphatic carbocycles. The number of thiazole rings is 1. The van der Waals surface area contributed by atoms with Crippen molar-refractivity contribution in [1.82, 2.24) is 10.3 Å². The normalized spacial score (nSPS) is 12.3. The Hall–Kier alpha value is -1.24. The molecule has 4 nitrogen and oxygen atoms in total. The second kappa shape index (κ2) is 8.26. The Labute approximate surface area is 132 Å². The molecule has 2 N–H and O–H groups in total. The van der Waals surface area contributed by atoms with Crippen LogP contribution in [0.1, 0.15) is 25.5 Å². The standard InChI is InChI=1S/C15H20N2O2S2/c1-11(8-18)3-2-5-16-14(19)7-13-10-21-15(17-13)12-4-6-20-9-12/h4,6,9-11,18H,2-3,5,7-8H2,1H3,(H,16,19). The van der Waals surface area contributed by atoms with Gasteiger partial charge in [-0.15, -0.1) is 11.3 Å². The summed E-state index contributed by atoms with van der Waals surface area (Å²) in [6.45, 7) is 2.87. The van der Waals surface area contributed by atoms with Crippen LogP contribution < -0.4 is 5.32 Å². The minimum atomic E-state index is 0.00817. The zero-order valence-corrected chi connectivity index (χ0v) is 13.7. The zero-order chi connectivity index (χ0) is 15.1. The van der Waals surface area contributed by atoms with Crippen LogP contribution in [0, 0.1) is 5.92 Å². The number of hydrogen-bond donors (Lipinski definition) is 2. The largest absolute Gasteiger partial charge is 0.396 e. The molecule has 1 atom stereocenters. The van der Waals surface area contributed by atoms with Gasteiger partial charge < -0.3 is 10.4 Å². The third kappa shape index (κ3) is 5.22. The molecule has 2 aromatic heterocycles. The summed E-state index contributed by atoms with van der Waals surface area (Å²) in [5.74, 6) is 0.308. The molecule has 114 valence electrons. The van der Waals surface area contributed by atoms with E-state index in [0.717, 1.165) is 29.1 Å². The number of nitrogens with one attached hydrogen (secondary N) is 1. The van der Waals surface area contributed by atoms with Crippen molar-refractivity contribution in [2.24, 2.45) is 5.92 Å². The lowest BCUT2D eigenvalue weighted by molar-refractivity contribution is -0.120. The number of aliphatic hydroxyl groups is 1. The van der Waals surface area contributed by atoms with Crippen molar-refractivity contribution >= 4 is 28.6 Å². The van der Waals surface area contributed by atoms with Gasteiger partial charge in [0.25, 0.3) is 0 Å². The Morgan fingerprint density at radius 2 is 2.33 bits per heavy atom. The van der Waals surface area contributed by atoms with Gasteiger partial charge in [-0.3, -0.25) is 4.79 Å². The second-order valence-corrected chi connectivity index (χ2v) is 6.75. The average Bonchev–Trinajstić information content (AvgIpc) is 3.13. The molecule has 2 aromatic rings. The van der Waals surface area contributed by atoms with Crippen molar-refractivity contribution in [1.29, 1.82) is 0 Å². The lowest BCUT2D eigenvalue weighted by Gasteiger charge is -2.07. The number of hydrogen-bond acceptors (Lipinski definition) is 5. The molecule has 0 saturated heterocycles. The highest BCUT2D eigenvalue weighted by atomic mass is 32.1. The van der Waals surface area contributed by atoms with Crippen molar-refractivity contribution in [2.75, 3.05) is 13.2 Å². The molecule has 21 heavy (non-hydrogen) atoms. The summed E-state index contributed by atoms with van der Waals surface area (Å²) in [6.07, 6.45) is 2.15. The quantitative estimate of drug-likeness (QED) is 0.734. The van der Waals surface area contributed by atoms with E-state index in [9.17, 15) is 4.79 Å². The molecule has 1 amide bonds. The first kappa shape index (κ1) is 16.1. The molecule has 0 saturated carbocycles. The molecular weight excluding hydrogens is 304 g/mol. The van der Waals surface area contributed by atoms with Gasteiger partial charge in [0, 0.05) is 29.5 Å². The highest BCUT2D eigenvalue weighted by molar-refractivity contribution is 7.14. The van der Waals surface area contributed by atoms with Gasteiger partial charge in [-0.25, -0.2) is 4.98 Å². The molecule has 6 heteroatoms. The van der Waals surface area contributed by atoms with E-state index < -0.39 is 0 Å². The van der Waals surface area contributed by atoms with Crippen molar-refractivity contribution in [3.8, 4) is 10.6 Å². The molecule has 0 spiro atoms. The molecular formula is C15H20N2O2S2. The molecule has 1 unspecified atom stereocenters. The smallest absolute Gasteiger partial charge is 0.226 e. The molecule has 0 bridgehead atoms. The third-order valence-electron chi connectivity index (χ3n) is 3.17. The summed E-state index contributed by atoms with van der Waals surface area (Å²) in [6, 6.07) is 2.04. The summed E-state index contributed by atoms with van der Waals surface area (Å²) < 4.78 is 0. The average molecular weight is 324 g/mol. The summed E-state index contributed by atoms with van der Waals surface area (Å²) in [5, 5.41) is 18.8. The number of carbonyl (C=O) groups excluding carboxylic acids is 1. The Balaban J connectivity index is 1.73. The predicted molar refractivity (Wildman–Crippen MR) is 87.6 cm³/mol. The lowest BCUT2D eigenvalue weighted by Crippen LogP contribution is -2.26. The van der Waals surface area contributed by atoms with Gasteiger partial charge >= 0.3 is 0 Å². The van der Waals surface area contributed by atoms with Crippen LogP contribution in [0.4, 0.5) is 0 Å². The van der Waals surface area contributed by atoms with E-state index in [-0.39, 0.29) is 12.5 Å². The maximum absolute atomic E-state index is 11.8. The van der Waals surface area contributed by atoms with Crippen LogP contribution in [0.25, 0.3) is 10.6 Å². The zero-order valence-electron chi connectivity index (χ0n) is 12.0. The Kier molecular flexibility index (Phi) is 6.35. The highest BCUT2D eigenvalue weighted by Crippen LogP contribution is 2.25. The van der Waals surface area contributed by atoms with Crippen LogP contribution in [0.5, 0.6) is 0 Å². The lowest BCUT2D eigenvalue weighted by atomic mass is 10.1. The van der Waals surface area contributed by atoms with Gasteiger partial charge in [-0.1, -0.05) is 6.92 Å². The van der Waals surface area contributed by atoms with Crippen molar-refractivity contribution < 1.29 is 9.90 Å². The minimum absolute atomic E-state index is 0.00817. The number of rotatable bonds is 8. The van der Waals surface area contributed by atoms with E-state index >= 15 is 0 Å². The predicted octanol–water partition coefficient (Wildman–Crippen LogP) is 2.94. The van der Waals surface area contributed by atoms with E-state index in [1.165, 1.54) is 0 Å². The summed E-state index contributed by atoms with van der Waals surface area (Å²) >= 11 is 3.22. The van der Waals surface area contributed by atoms with E-state index in [4.69, 9.17) is 5.11 Å². The van der Waals surface area contributed by atoms with Gasteiger partial charge in [0.2, 0.25) is 5.91 Å². The van der Waals surface area contributed by atoms with Gasteiger partial charge in [-0.05, 0) is 30.2 Å². The van der Waals surface area contributed by atoms with Gasteiger partial charge in [-0.2, -0.15) is 11.3 Å². The van der Waals surface area contributed by atoms with Crippen LogP contribution >= 0.6 is 22.7 Å². The summed E-state index contributed by atoms with van der Waals surface area (Å²) in [5.41, 5.74) is 1.94. The number of aliphatic hydroxyl groups excluding tert-OH is 1. The maximum Gasteiger partial charge on any atom is 0.226 e. The van der Waals surface area contributed by atoms with E-state index in [1.807, 2.05) is 23.8 Å². The Bertz CT molecular complexity index is 552. The second-order valence-electron chi connectivity index (χ2n) is 5.11. The van der Waals surface area contributed by atoms with Crippen molar-refractivity contribution in [3.05, 3.63) is 27.9 Å². The van der Waals surface area contributed by atoms with E-state index in [2.05, 4.69) is 15.7 Å². The number of thiophene rings is 1. The molecule has 0 aromatic carbocycles. The fraction of sp³-hybridized carbons (Fsp3) is 0.467. The fourth-order valence-corrected chi connectivity index (χ4v) is 3.44. The first-order valence-corrected chi connectivity index (χ1v) is 8.86. The van der Waals surface area contributed by atoms with Crippen LogP contribution in [0.3, 0.4) is 0 Å². The topological polar surface area (TPSA) is 62.2 Å². The van der Waals surface area contributed by atoms with E-state index in [0.29, 0.717) is 18.9 Å². The number of aromatic nitrogens is 1. The summed E-state index contributed by atoms with van der Waals surface area (Å²) in [7, 11) is 0. The Morgan fingerprint density at radius 3 is 3.05 bits per heavy atom. The van der Waals surface area contributed by atoms with Crippen LogP contribution in [0.15, 0.2) is 22.2 Å². The SMILES string of the molecule is CC(CO)CCCNC(=O)Cc1csc(-c2ccsc2)n1. The van der Waals surface area contributed by atoms with Gasteiger partial charge in [0.1, 0.15) is 5.01 Å². The van der Waals surface area contributed by atoms with E-state index in [1.54, 1.807) is 22.7 Å². The summed E-state index contributed by atoms with van der Waals surface area (Å²) in [4.78, 5) is 16.3. The van der Waals surface area contributed by atoms with Crippen LogP contribution in [-0.4, -0.2) is 29.1 Å². The van der Waals surface area contributed by atoms with Crippen LogP contribution in [-0.2, 0) is 11.2 Å². The Morgan fingerprint density at radius 1 is 1.48 bits per heavy atom. The number of carbonyl (C=O) groups is 1. The van der Waals surface area contributed by atoms with Gasteiger partial charge in [0.15, 0.2) is 0 Å². The van der Waals surface area contributed by atoms with Crippen molar-refractivity contribution in [2.45, 2.75) is 26.2 Å². The first-order chi connectivity index (χ1) is 10.2. The third-order valence-corrected chi connectivity index (χ3v) is 4.79. The highest BCUT2D eigenvalue weighted by Gasteiger charge is 2.09. The van der Waals surface area contributed by atoms with Crippen molar-refractivity contribution in [3.63, 3.8) is 0 Å². The molecule has 2 heterocycles. The van der Waals surface area contributed by atoms with Crippen LogP contribution in [0.2, 0.25) is 0 Å².